The van der Waals surface area contributed by atoms with Crippen LogP contribution in [0, 0.1) is 0 Å². The maximum Gasteiger partial charge on any atom is 0.0704 e. The summed E-state index contributed by atoms with van der Waals surface area (Å²) in [5.74, 6) is 0. The van der Waals surface area contributed by atoms with Gasteiger partial charge in [-0.3, -0.25) is 0 Å². The van der Waals surface area contributed by atoms with Crippen molar-refractivity contribution < 1.29 is 9.47 Å². The molecule has 0 spiro atoms. The summed E-state index contributed by atoms with van der Waals surface area (Å²) in [6, 6.07) is 0.582. The maximum absolute atomic E-state index is 5.68. The van der Waals surface area contributed by atoms with Crippen molar-refractivity contribution in [1.29, 1.82) is 0 Å². The van der Waals surface area contributed by atoms with Crippen LogP contribution in [0.15, 0.2) is 0 Å². The van der Waals surface area contributed by atoms with E-state index in [1.165, 1.54) is 12.8 Å². The zero-order valence-corrected chi connectivity index (χ0v) is 12.1. The second-order valence-electron chi connectivity index (χ2n) is 4.90. The van der Waals surface area contributed by atoms with Crippen molar-refractivity contribution in [3.63, 3.8) is 0 Å². The Balaban J connectivity index is 3.14. The van der Waals surface area contributed by atoms with E-state index in [0.29, 0.717) is 12.1 Å². The molecular formula is C14H31NO2. The number of hydrogen-bond acceptors (Lipinski definition) is 3. The van der Waals surface area contributed by atoms with Crippen molar-refractivity contribution in [1.82, 2.24) is 5.32 Å². The predicted octanol–water partition coefficient (Wildman–Crippen LogP) is 2.99. The standard InChI is InChI=1S/C14H31NO2/c1-5-6-10-16-11-12-17-14(4)8-7-9-15-13(2)3/h13-15H,5-12H2,1-4H3. The minimum absolute atomic E-state index is 0.346. The molecule has 0 aromatic rings. The van der Waals surface area contributed by atoms with Gasteiger partial charge in [0.15, 0.2) is 0 Å². The van der Waals surface area contributed by atoms with Crippen LogP contribution in [0.4, 0.5) is 0 Å². The van der Waals surface area contributed by atoms with Crippen molar-refractivity contribution in [3.8, 4) is 0 Å². The fraction of sp³-hybridized carbons (Fsp3) is 1.00. The molecule has 0 aliphatic rings. The molecule has 0 heterocycles. The third kappa shape index (κ3) is 13.8. The highest BCUT2D eigenvalue weighted by molar-refractivity contribution is 4.56. The van der Waals surface area contributed by atoms with E-state index in [1.54, 1.807) is 0 Å². The van der Waals surface area contributed by atoms with Crippen LogP contribution in [0.1, 0.15) is 53.4 Å². The van der Waals surface area contributed by atoms with E-state index in [-0.39, 0.29) is 0 Å². The van der Waals surface area contributed by atoms with Gasteiger partial charge in [0.2, 0.25) is 0 Å². The molecule has 0 fully saturated rings. The molecule has 1 unspecified atom stereocenters. The lowest BCUT2D eigenvalue weighted by molar-refractivity contribution is 0.00801. The van der Waals surface area contributed by atoms with Crippen LogP contribution in [0.25, 0.3) is 0 Å². The number of ether oxygens (including phenoxy) is 2. The lowest BCUT2D eigenvalue weighted by Crippen LogP contribution is -2.24. The first-order valence-corrected chi connectivity index (χ1v) is 7.09. The Labute approximate surface area is 107 Å². The molecule has 0 bridgehead atoms. The molecule has 0 aliphatic heterocycles. The van der Waals surface area contributed by atoms with Gasteiger partial charge < -0.3 is 14.8 Å². The molecule has 1 atom stereocenters. The first-order valence-electron chi connectivity index (χ1n) is 7.09. The molecule has 0 radical (unpaired) electrons. The molecule has 3 nitrogen and oxygen atoms in total. The fourth-order valence-electron chi connectivity index (χ4n) is 1.52. The molecule has 0 aliphatic carbocycles. The summed E-state index contributed by atoms with van der Waals surface area (Å²) in [6.07, 6.45) is 4.99. The van der Waals surface area contributed by atoms with Crippen molar-refractivity contribution >= 4 is 0 Å². The summed E-state index contributed by atoms with van der Waals surface area (Å²) in [4.78, 5) is 0. The Morgan fingerprint density at radius 1 is 1.00 bits per heavy atom. The van der Waals surface area contributed by atoms with E-state index < -0.39 is 0 Å². The van der Waals surface area contributed by atoms with Gasteiger partial charge in [0.1, 0.15) is 0 Å². The van der Waals surface area contributed by atoms with E-state index in [0.717, 1.165) is 39.2 Å². The molecule has 0 aromatic carbocycles. The summed E-state index contributed by atoms with van der Waals surface area (Å²) in [5, 5.41) is 3.41. The molecule has 0 saturated carbocycles. The summed E-state index contributed by atoms with van der Waals surface area (Å²) in [6.45, 7) is 12.1. The Morgan fingerprint density at radius 2 is 1.76 bits per heavy atom. The molecule has 0 aromatic heterocycles. The number of nitrogens with one attached hydrogen (secondary N) is 1. The molecule has 0 saturated heterocycles. The van der Waals surface area contributed by atoms with Crippen molar-refractivity contribution in [2.75, 3.05) is 26.4 Å². The Bertz CT molecular complexity index is 151. The van der Waals surface area contributed by atoms with Crippen LogP contribution in [0.3, 0.4) is 0 Å². The van der Waals surface area contributed by atoms with Crippen LogP contribution in [-0.4, -0.2) is 38.5 Å². The summed E-state index contributed by atoms with van der Waals surface area (Å²) in [7, 11) is 0. The van der Waals surface area contributed by atoms with Crippen LogP contribution >= 0.6 is 0 Å². The molecule has 104 valence electrons. The van der Waals surface area contributed by atoms with Gasteiger partial charge in [-0.2, -0.15) is 0 Å². The third-order valence-corrected chi connectivity index (χ3v) is 2.61. The average molecular weight is 245 g/mol. The fourth-order valence-corrected chi connectivity index (χ4v) is 1.52. The van der Waals surface area contributed by atoms with Gasteiger partial charge >= 0.3 is 0 Å². The van der Waals surface area contributed by atoms with Crippen molar-refractivity contribution in [2.45, 2.75) is 65.5 Å². The molecular weight excluding hydrogens is 214 g/mol. The zero-order chi connectivity index (χ0) is 12.9. The van der Waals surface area contributed by atoms with Gasteiger partial charge in [-0.15, -0.1) is 0 Å². The number of hydrogen-bond donors (Lipinski definition) is 1. The number of unbranched alkanes of at least 4 members (excludes halogenated alkanes) is 1. The molecule has 3 heteroatoms. The average Bonchev–Trinajstić information content (AvgIpc) is 2.29. The van der Waals surface area contributed by atoms with E-state index in [1.807, 2.05) is 0 Å². The summed E-state index contributed by atoms with van der Waals surface area (Å²) in [5.41, 5.74) is 0. The van der Waals surface area contributed by atoms with E-state index in [9.17, 15) is 0 Å². The molecule has 1 N–H and O–H groups in total. The topological polar surface area (TPSA) is 30.5 Å². The molecule has 0 amide bonds. The first-order chi connectivity index (χ1) is 8.16. The summed E-state index contributed by atoms with van der Waals surface area (Å²) < 4.78 is 11.1. The van der Waals surface area contributed by atoms with E-state index in [2.05, 4.69) is 33.0 Å². The van der Waals surface area contributed by atoms with Gasteiger partial charge in [-0.1, -0.05) is 27.2 Å². The van der Waals surface area contributed by atoms with Crippen LogP contribution in [0.5, 0.6) is 0 Å². The Hall–Kier alpha value is -0.120. The van der Waals surface area contributed by atoms with Gasteiger partial charge in [-0.05, 0) is 32.7 Å². The quantitative estimate of drug-likeness (QED) is 0.536. The van der Waals surface area contributed by atoms with Crippen molar-refractivity contribution in [2.24, 2.45) is 0 Å². The van der Waals surface area contributed by atoms with Gasteiger partial charge in [-0.25, -0.2) is 0 Å². The second-order valence-corrected chi connectivity index (χ2v) is 4.90. The van der Waals surface area contributed by atoms with Gasteiger partial charge in [0.05, 0.1) is 19.3 Å². The minimum atomic E-state index is 0.346. The minimum Gasteiger partial charge on any atom is -0.379 e. The van der Waals surface area contributed by atoms with E-state index in [4.69, 9.17) is 9.47 Å². The maximum atomic E-state index is 5.68. The van der Waals surface area contributed by atoms with Crippen LogP contribution in [-0.2, 0) is 9.47 Å². The molecule has 0 rings (SSSR count). The van der Waals surface area contributed by atoms with Crippen molar-refractivity contribution in [3.05, 3.63) is 0 Å². The lowest BCUT2D eigenvalue weighted by Gasteiger charge is -2.14. The monoisotopic (exact) mass is 245 g/mol. The van der Waals surface area contributed by atoms with Crippen LogP contribution in [0.2, 0.25) is 0 Å². The first kappa shape index (κ1) is 16.9. The van der Waals surface area contributed by atoms with Crippen LogP contribution < -0.4 is 5.32 Å². The molecule has 17 heavy (non-hydrogen) atoms. The largest absolute Gasteiger partial charge is 0.379 e. The smallest absolute Gasteiger partial charge is 0.0704 e. The highest BCUT2D eigenvalue weighted by Crippen LogP contribution is 2.01. The predicted molar refractivity (Wildman–Crippen MR) is 73.5 cm³/mol. The summed E-state index contributed by atoms with van der Waals surface area (Å²) >= 11 is 0. The number of rotatable bonds is 12. The van der Waals surface area contributed by atoms with Gasteiger partial charge in [0.25, 0.3) is 0 Å². The Morgan fingerprint density at radius 3 is 2.41 bits per heavy atom. The second kappa shape index (κ2) is 12.3. The van der Waals surface area contributed by atoms with E-state index >= 15 is 0 Å². The highest BCUT2D eigenvalue weighted by atomic mass is 16.5. The third-order valence-electron chi connectivity index (χ3n) is 2.61. The SMILES string of the molecule is CCCCOCCOC(C)CCCNC(C)C. The normalized spacial score (nSPS) is 13.2. The lowest BCUT2D eigenvalue weighted by atomic mass is 10.2. The highest BCUT2D eigenvalue weighted by Gasteiger charge is 2.02. The Kier molecular flexibility index (Phi) is 12.3. The zero-order valence-electron chi connectivity index (χ0n) is 12.1. The van der Waals surface area contributed by atoms with Gasteiger partial charge in [0, 0.05) is 12.6 Å².